The fraction of sp³-hybridized carbons (Fsp3) is 0.480. The maximum Gasteiger partial charge on any atom is 0.244 e. The van der Waals surface area contributed by atoms with Crippen molar-refractivity contribution in [1.29, 1.82) is 0 Å². The summed E-state index contributed by atoms with van der Waals surface area (Å²) < 4.78 is 10.9. The zero-order chi connectivity index (χ0) is 24.4. The minimum absolute atomic E-state index is 0.155. The van der Waals surface area contributed by atoms with Gasteiger partial charge < -0.3 is 25.8 Å². The van der Waals surface area contributed by atoms with Crippen LogP contribution in [-0.2, 0) is 14.3 Å². The van der Waals surface area contributed by atoms with Crippen molar-refractivity contribution in [2.24, 2.45) is 23.5 Å². The molecule has 2 rings (SSSR count). The third kappa shape index (κ3) is 8.68. The van der Waals surface area contributed by atoms with E-state index in [1.807, 2.05) is 30.8 Å². The number of amides is 1. The molecule has 0 spiro atoms. The number of ether oxygens (including phenoxy) is 2. The summed E-state index contributed by atoms with van der Waals surface area (Å²) in [5.74, 6) is 0.768. The molecular formula is C25H37N3O3S2. The summed E-state index contributed by atoms with van der Waals surface area (Å²) in [7, 11) is 3.16. The van der Waals surface area contributed by atoms with Crippen LogP contribution in [0.15, 0.2) is 70.5 Å². The van der Waals surface area contributed by atoms with Crippen LogP contribution < -0.4 is 16.4 Å². The Labute approximate surface area is 206 Å². The third-order valence-corrected chi connectivity index (χ3v) is 7.52. The Morgan fingerprint density at radius 2 is 1.79 bits per heavy atom. The molecule has 0 aromatic heterocycles. The molecule has 2 unspecified atom stereocenters. The van der Waals surface area contributed by atoms with Gasteiger partial charge in [-0.05, 0) is 22.8 Å². The number of rotatable bonds is 12. The highest BCUT2D eigenvalue weighted by atomic mass is 32.2. The molecule has 0 aromatic rings. The highest BCUT2D eigenvalue weighted by molar-refractivity contribution is 8.04. The van der Waals surface area contributed by atoms with Gasteiger partial charge in [-0.25, -0.2) is 0 Å². The van der Waals surface area contributed by atoms with Crippen LogP contribution in [0.25, 0.3) is 0 Å². The standard InChI is InChI=1S/C25H37N3O3S2/c1-16(2)9-7-8-10-17(3)24-28-20(15-33-24)25-27-19(14-32-25)11-12-21(30-5)18(4)22(31-6)13-23(26)29/h7-18,21,24-25,27-28H,1-6H3,(H2,26,29)/b9-7+,10-8+,12-11+,22-13+/t17-,18+,21-,24?,25?/m0/s1. The maximum atomic E-state index is 11.2. The van der Waals surface area contributed by atoms with Crippen molar-refractivity contribution in [3.63, 3.8) is 0 Å². The van der Waals surface area contributed by atoms with Gasteiger partial charge in [-0.2, -0.15) is 0 Å². The Morgan fingerprint density at radius 1 is 1.06 bits per heavy atom. The maximum absolute atomic E-state index is 11.2. The number of allylic oxidation sites excluding steroid dienone is 4. The molecule has 2 heterocycles. The van der Waals surface area contributed by atoms with Crippen molar-refractivity contribution < 1.29 is 14.3 Å². The molecule has 182 valence electrons. The molecule has 5 atom stereocenters. The van der Waals surface area contributed by atoms with E-state index in [1.54, 1.807) is 18.9 Å². The van der Waals surface area contributed by atoms with E-state index in [-0.39, 0.29) is 17.4 Å². The number of hydrogen-bond acceptors (Lipinski definition) is 7. The summed E-state index contributed by atoms with van der Waals surface area (Å²) in [5, 5.41) is 12.0. The second kappa shape index (κ2) is 13.6. The van der Waals surface area contributed by atoms with Crippen LogP contribution in [0.5, 0.6) is 0 Å². The van der Waals surface area contributed by atoms with Crippen molar-refractivity contribution in [1.82, 2.24) is 10.6 Å². The van der Waals surface area contributed by atoms with Crippen LogP contribution in [0.4, 0.5) is 0 Å². The first-order valence-corrected chi connectivity index (χ1v) is 13.0. The zero-order valence-corrected chi connectivity index (χ0v) is 21.9. The Kier molecular flexibility index (Phi) is 11.2. The second-order valence-corrected chi connectivity index (χ2v) is 10.4. The molecule has 0 bridgehead atoms. The quantitative estimate of drug-likeness (QED) is 0.209. The van der Waals surface area contributed by atoms with Gasteiger partial charge in [-0.1, -0.05) is 58.1 Å². The van der Waals surface area contributed by atoms with E-state index in [2.05, 4.69) is 66.5 Å². The van der Waals surface area contributed by atoms with E-state index < -0.39 is 5.91 Å². The van der Waals surface area contributed by atoms with Crippen LogP contribution in [0.1, 0.15) is 27.7 Å². The van der Waals surface area contributed by atoms with Gasteiger partial charge in [0.2, 0.25) is 5.91 Å². The second-order valence-electron chi connectivity index (χ2n) is 8.38. The summed E-state index contributed by atoms with van der Waals surface area (Å²) in [6.07, 6.45) is 13.7. The molecule has 0 aromatic carbocycles. The van der Waals surface area contributed by atoms with Gasteiger partial charge in [-0.3, -0.25) is 4.79 Å². The van der Waals surface area contributed by atoms with E-state index in [9.17, 15) is 4.79 Å². The normalized spacial score (nSPS) is 24.2. The van der Waals surface area contributed by atoms with E-state index in [0.29, 0.717) is 23.0 Å². The molecule has 33 heavy (non-hydrogen) atoms. The molecule has 0 aliphatic carbocycles. The summed E-state index contributed by atoms with van der Waals surface area (Å²) in [5.41, 5.74) is 7.47. The predicted octanol–water partition coefficient (Wildman–Crippen LogP) is 4.62. The molecule has 0 saturated carbocycles. The Morgan fingerprint density at radius 3 is 2.42 bits per heavy atom. The van der Waals surface area contributed by atoms with Crippen molar-refractivity contribution in [3.05, 3.63) is 70.5 Å². The Bertz CT molecular complexity index is 846. The molecule has 0 fully saturated rings. The number of nitrogens with two attached hydrogens (primary N) is 1. The van der Waals surface area contributed by atoms with E-state index in [0.717, 1.165) is 5.70 Å². The highest BCUT2D eigenvalue weighted by Gasteiger charge is 2.28. The minimum atomic E-state index is -0.540. The fourth-order valence-electron chi connectivity index (χ4n) is 3.32. The number of carbonyl (C=O) groups excluding carboxylic acids is 1. The molecular weight excluding hydrogens is 454 g/mol. The third-order valence-electron chi connectivity index (χ3n) is 5.26. The lowest BCUT2D eigenvalue weighted by atomic mass is 10.0. The van der Waals surface area contributed by atoms with E-state index >= 15 is 0 Å². The van der Waals surface area contributed by atoms with Crippen molar-refractivity contribution in [3.8, 4) is 0 Å². The number of methoxy groups -OCH3 is 2. The van der Waals surface area contributed by atoms with E-state index in [1.165, 1.54) is 18.9 Å². The molecule has 6 nitrogen and oxygen atoms in total. The van der Waals surface area contributed by atoms with Crippen molar-refractivity contribution in [2.45, 2.75) is 44.5 Å². The minimum Gasteiger partial charge on any atom is -0.501 e. The van der Waals surface area contributed by atoms with Gasteiger partial charge in [-0.15, -0.1) is 23.5 Å². The first-order valence-electron chi connectivity index (χ1n) is 11.1. The van der Waals surface area contributed by atoms with Crippen LogP contribution >= 0.6 is 23.5 Å². The van der Waals surface area contributed by atoms with Gasteiger partial charge >= 0.3 is 0 Å². The lowest BCUT2D eigenvalue weighted by Gasteiger charge is -2.22. The lowest BCUT2D eigenvalue weighted by molar-refractivity contribution is -0.113. The van der Waals surface area contributed by atoms with Crippen LogP contribution in [-0.4, -0.2) is 37.0 Å². The van der Waals surface area contributed by atoms with Gasteiger partial charge in [0.1, 0.15) is 11.1 Å². The first-order chi connectivity index (χ1) is 15.7. The number of thioether (sulfide) groups is 2. The lowest BCUT2D eigenvalue weighted by Crippen LogP contribution is -2.34. The largest absolute Gasteiger partial charge is 0.501 e. The SMILES string of the molecule is CO/C(=C/C(N)=O)[C@H](C)[C@H](/C=C/C1=CSC(C2=CSC([C@@H](C)/C=C/C=C/C(C)C)N2)N1)OC. The average molecular weight is 492 g/mol. The summed E-state index contributed by atoms with van der Waals surface area (Å²) in [6.45, 7) is 8.52. The molecule has 2 aliphatic rings. The topological polar surface area (TPSA) is 85.6 Å². The van der Waals surface area contributed by atoms with Crippen LogP contribution in [0, 0.1) is 17.8 Å². The van der Waals surface area contributed by atoms with Gasteiger partial charge in [0.15, 0.2) is 0 Å². The van der Waals surface area contributed by atoms with Gasteiger partial charge in [0, 0.05) is 30.7 Å². The van der Waals surface area contributed by atoms with Gasteiger partial charge in [0.05, 0.1) is 24.3 Å². The summed E-state index contributed by atoms with van der Waals surface area (Å²) in [4.78, 5) is 11.2. The highest BCUT2D eigenvalue weighted by Crippen LogP contribution is 2.34. The zero-order valence-electron chi connectivity index (χ0n) is 20.3. The molecule has 8 heteroatoms. The molecule has 0 radical (unpaired) electrons. The smallest absolute Gasteiger partial charge is 0.244 e. The molecule has 1 amide bonds. The van der Waals surface area contributed by atoms with Crippen molar-refractivity contribution >= 4 is 29.4 Å². The Balaban J connectivity index is 1.88. The van der Waals surface area contributed by atoms with Crippen LogP contribution in [0.3, 0.4) is 0 Å². The monoisotopic (exact) mass is 491 g/mol. The molecule has 0 saturated heterocycles. The van der Waals surface area contributed by atoms with Gasteiger partial charge in [0.25, 0.3) is 0 Å². The fourth-order valence-corrected chi connectivity index (χ4v) is 5.37. The number of nitrogens with one attached hydrogen (secondary N) is 2. The predicted molar refractivity (Wildman–Crippen MR) is 141 cm³/mol. The van der Waals surface area contributed by atoms with Crippen molar-refractivity contribution in [2.75, 3.05) is 14.2 Å². The first kappa shape index (κ1) is 27.2. The summed E-state index contributed by atoms with van der Waals surface area (Å²) >= 11 is 3.56. The molecule has 2 aliphatic heterocycles. The molecule has 4 N–H and O–H groups in total. The van der Waals surface area contributed by atoms with Crippen LogP contribution in [0.2, 0.25) is 0 Å². The number of primary amides is 1. The number of carbonyl (C=O) groups is 1. The summed E-state index contributed by atoms with van der Waals surface area (Å²) in [6, 6.07) is 0. The van der Waals surface area contributed by atoms with E-state index in [4.69, 9.17) is 15.2 Å². The average Bonchev–Trinajstić information content (AvgIpc) is 3.44. The Hall–Kier alpha value is -2.03. The number of hydrogen-bond donors (Lipinski definition) is 3.